The van der Waals surface area contributed by atoms with Gasteiger partial charge in [0, 0.05) is 19.2 Å². The van der Waals surface area contributed by atoms with Gasteiger partial charge >= 0.3 is 6.09 Å². The van der Waals surface area contributed by atoms with E-state index in [4.69, 9.17) is 13.9 Å². The van der Waals surface area contributed by atoms with Crippen molar-refractivity contribution >= 4 is 23.2 Å². The second-order valence-electron chi connectivity index (χ2n) is 7.94. The summed E-state index contributed by atoms with van der Waals surface area (Å²) in [7, 11) is 1.35. The molecule has 0 spiro atoms. The quantitative estimate of drug-likeness (QED) is 0.723. The van der Waals surface area contributed by atoms with Crippen molar-refractivity contribution in [2.45, 2.75) is 44.8 Å². The first-order valence-electron chi connectivity index (χ1n) is 10.3. The zero-order chi connectivity index (χ0) is 20.2. The van der Waals surface area contributed by atoms with E-state index in [0.29, 0.717) is 12.6 Å². The topological polar surface area (TPSA) is 86.1 Å². The molecular weight excluding hydrogens is 374 g/mol. The zero-order valence-electron chi connectivity index (χ0n) is 17.1. The van der Waals surface area contributed by atoms with Crippen LogP contribution in [-0.2, 0) is 9.47 Å². The van der Waals surface area contributed by atoms with E-state index in [0.717, 1.165) is 55.3 Å². The SMILES string of the molecule is COC(=O)N[C@@H](C)COC1CCN(c2nc3ccc(OCC4CC4)cc3o2)CC1. The minimum Gasteiger partial charge on any atom is -0.493 e. The molecule has 2 heterocycles. The Labute approximate surface area is 170 Å². The lowest BCUT2D eigenvalue weighted by atomic mass is 10.1. The first kappa shape index (κ1) is 19.8. The fourth-order valence-corrected chi connectivity index (χ4v) is 3.41. The third-order valence-electron chi connectivity index (χ3n) is 5.38. The number of methoxy groups -OCH3 is 1. The maximum atomic E-state index is 11.2. The number of nitrogens with one attached hydrogen (secondary N) is 1. The average Bonchev–Trinajstić information content (AvgIpc) is 3.47. The minimum absolute atomic E-state index is 0.0890. The smallest absolute Gasteiger partial charge is 0.407 e. The van der Waals surface area contributed by atoms with Gasteiger partial charge in [-0.15, -0.1) is 0 Å². The van der Waals surface area contributed by atoms with Gasteiger partial charge in [-0.2, -0.15) is 4.98 Å². The number of aromatic nitrogens is 1. The molecule has 1 saturated heterocycles. The Morgan fingerprint density at radius 1 is 1.31 bits per heavy atom. The molecule has 8 heteroatoms. The third-order valence-corrected chi connectivity index (χ3v) is 5.38. The molecule has 29 heavy (non-hydrogen) atoms. The maximum Gasteiger partial charge on any atom is 0.407 e. The van der Waals surface area contributed by atoms with Gasteiger partial charge in [0.2, 0.25) is 0 Å². The van der Waals surface area contributed by atoms with E-state index in [2.05, 4.69) is 19.9 Å². The first-order valence-corrected chi connectivity index (χ1v) is 10.3. The van der Waals surface area contributed by atoms with Crippen LogP contribution in [0.25, 0.3) is 11.1 Å². The number of piperidine rings is 1. The van der Waals surface area contributed by atoms with Gasteiger partial charge < -0.3 is 28.8 Å². The number of ether oxygens (including phenoxy) is 3. The zero-order valence-corrected chi connectivity index (χ0v) is 17.1. The second-order valence-corrected chi connectivity index (χ2v) is 7.94. The molecule has 1 atom stereocenters. The van der Waals surface area contributed by atoms with Crippen LogP contribution >= 0.6 is 0 Å². The van der Waals surface area contributed by atoms with Crippen LogP contribution in [0, 0.1) is 5.92 Å². The lowest BCUT2D eigenvalue weighted by molar-refractivity contribution is 0.0255. The number of amides is 1. The fraction of sp³-hybridized carbons (Fsp3) is 0.619. The summed E-state index contributed by atoms with van der Waals surface area (Å²) in [6.45, 7) is 4.79. The van der Waals surface area contributed by atoms with Crippen LogP contribution in [-0.4, -0.2) is 56.6 Å². The van der Waals surface area contributed by atoms with Crippen LogP contribution < -0.4 is 15.0 Å². The van der Waals surface area contributed by atoms with Gasteiger partial charge in [0.1, 0.15) is 11.3 Å². The van der Waals surface area contributed by atoms with Crippen molar-refractivity contribution in [3.8, 4) is 5.75 Å². The van der Waals surface area contributed by atoms with Crippen molar-refractivity contribution in [2.75, 3.05) is 38.3 Å². The van der Waals surface area contributed by atoms with Crippen LogP contribution in [0.4, 0.5) is 10.8 Å². The first-order chi connectivity index (χ1) is 14.1. The largest absolute Gasteiger partial charge is 0.493 e. The summed E-state index contributed by atoms with van der Waals surface area (Å²) in [5.41, 5.74) is 1.61. The van der Waals surface area contributed by atoms with Crippen LogP contribution in [0.2, 0.25) is 0 Å². The summed E-state index contributed by atoms with van der Waals surface area (Å²) >= 11 is 0. The molecule has 1 aliphatic carbocycles. The van der Waals surface area contributed by atoms with Crippen molar-refractivity contribution in [3.63, 3.8) is 0 Å². The predicted molar refractivity (Wildman–Crippen MR) is 108 cm³/mol. The van der Waals surface area contributed by atoms with E-state index in [9.17, 15) is 4.79 Å². The average molecular weight is 403 g/mol. The third kappa shape index (κ3) is 5.32. The van der Waals surface area contributed by atoms with Gasteiger partial charge in [-0.25, -0.2) is 4.79 Å². The number of hydrogen-bond donors (Lipinski definition) is 1. The Morgan fingerprint density at radius 2 is 2.10 bits per heavy atom. The van der Waals surface area contributed by atoms with Gasteiger partial charge in [0.25, 0.3) is 6.01 Å². The summed E-state index contributed by atoms with van der Waals surface area (Å²) in [4.78, 5) is 18.0. The van der Waals surface area contributed by atoms with E-state index in [1.807, 2.05) is 25.1 Å². The molecule has 2 aromatic rings. The molecule has 1 amide bonds. The Morgan fingerprint density at radius 3 is 2.83 bits per heavy atom. The number of carbonyl (C=O) groups is 1. The molecule has 2 aliphatic rings. The molecule has 158 valence electrons. The predicted octanol–water partition coefficient (Wildman–Crippen LogP) is 3.35. The molecule has 1 N–H and O–H groups in total. The van der Waals surface area contributed by atoms with Gasteiger partial charge in [0.05, 0.1) is 32.5 Å². The molecule has 8 nitrogen and oxygen atoms in total. The van der Waals surface area contributed by atoms with Crippen LogP contribution in [0.15, 0.2) is 22.6 Å². The standard InChI is InChI=1S/C21H29N3O5/c1-14(22-21(25)26-2)12-27-16-7-9-24(10-8-16)20-23-18-6-5-17(11-19(18)29-20)28-13-15-3-4-15/h5-6,11,14-16H,3-4,7-10,12-13H2,1-2H3,(H,22,25)/t14-/m0/s1. The number of alkyl carbamates (subject to hydrolysis) is 1. The molecule has 0 bridgehead atoms. The van der Waals surface area contributed by atoms with Crippen LogP contribution in [0.1, 0.15) is 32.6 Å². The van der Waals surface area contributed by atoms with Crippen molar-refractivity contribution < 1.29 is 23.4 Å². The Kier molecular flexibility index (Phi) is 6.08. The van der Waals surface area contributed by atoms with Gasteiger partial charge in [0.15, 0.2) is 5.58 Å². The molecule has 4 rings (SSSR count). The van der Waals surface area contributed by atoms with E-state index < -0.39 is 6.09 Å². The summed E-state index contributed by atoms with van der Waals surface area (Å²) in [6.07, 6.45) is 4.05. The molecule has 1 aromatic carbocycles. The van der Waals surface area contributed by atoms with Crippen LogP contribution in [0.5, 0.6) is 5.75 Å². The van der Waals surface area contributed by atoms with Gasteiger partial charge in [-0.05, 0) is 50.7 Å². The number of carbonyl (C=O) groups excluding carboxylic acids is 1. The van der Waals surface area contributed by atoms with E-state index in [-0.39, 0.29) is 12.1 Å². The second kappa shape index (κ2) is 8.90. The molecule has 1 aliphatic heterocycles. The fourth-order valence-electron chi connectivity index (χ4n) is 3.41. The molecule has 1 saturated carbocycles. The van der Waals surface area contributed by atoms with Crippen molar-refractivity contribution in [3.05, 3.63) is 18.2 Å². The summed E-state index contributed by atoms with van der Waals surface area (Å²) in [6, 6.07) is 6.41. The van der Waals surface area contributed by atoms with Gasteiger partial charge in [-0.1, -0.05) is 0 Å². The number of oxazole rings is 1. The molecule has 0 unspecified atom stereocenters. The number of fused-ring (bicyclic) bond motifs is 1. The summed E-state index contributed by atoms with van der Waals surface area (Å²) in [5.74, 6) is 1.56. The highest BCUT2D eigenvalue weighted by Gasteiger charge is 2.24. The van der Waals surface area contributed by atoms with E-state index >= 15 is 0 Å². The molecular formula is C21H29N3O5. The molecule has 1 aromatic heterocycles. The Balaban J connectivity index is 1.26. The highest BCUT2D eigenvalue weighted by Crippen LogP contribution is 2.31. The van der Waals surface area contributed by atoms with Crippen LogP contribution in [0.3, 0.4) is 0 Å². The number of benzene rings is 1. The molecule has 0 radical (unpaired) electrons. The monoisotopic (exact) mass is 403 g/mol. The molecule has 2 fully saturated rings. The normalized spacial score (nSPS) is 18.6. The number of hydrogen-bond acceptors (Lipinski definition) is 7. The number of nitrogens with zero attached hydrogens (tertiary/aromatic N) is 2. The van der Waals surface area contributed by atoms with Crippen molar-refractivity contribution in [2.24, 2.45) is 5.92 Å². The Hall–Kier alpha value is -2.48. The lowest BCUT2D eigenvalue weighted by Crippen LogP contribution is -2.40. The highest BCUT2D eigenvalue weighted by atomic mass is 16.5. The Bertz CT molecular complexity index is 827. The van der Waals surface area contributed by atoms with Crippen molar-refractivity contribution in [1.82, 2.24) is 10.3 Å². The summed E-state index contributed by atoms with van der Waals surface area (Å²) in [5, 5.41) is 2.71. The maximum absolute atomic E-state index is 11.2. The number of rotatable bonds is 8. The minimum atomic E-state index is -0.437. The number of anilines is 1. The van der Waals surface area contributed by atoms with Gasteiger partial charge in [-0.3, -0.25) is 0 Å². The van der Waals surface area contributed by atoms with Crippen molar-refractivity contribution in [1.29, 1.82) is 0 Å². The highest BCUT2D eigenvalue weighted by molar-refractivity contribution is 5.76. The van der Waals surface area contributed by atoms with E-state index in [1.54, 1.807) is 0 Å². The van der Waals surface area contributed by atoms with E-state index in [1.165, 1.54) is 20.0 Å². The lowest BCUT2D eigenvalue weighted by Gasteiger charge is -2.31. The summed E-state index contributed by atoms with van der Waals surface area (Å²) < 4.78 is 22.4.